The van der Waals surface area contributed by atoms with E-state index in [-0.39, 0.29) is 5.78 Å². The molecule has 0 bridgehead atoms. The quantitative estimate of drug-likeness (QED) is 0.749. The molecule has 0 amide bonds. The van der Waals surface area contributed by atoms with Crippen LogP contribution in [0.15, 0.2) is 47.6 Å². The molecule has 4 nitrogen and oxygen atoms in total. The smallest absolute Gasteiger partial charge is 0.294 e. The minimum atomic E-state index is -1.00. The molecule has 0 fully saturated rings. The minimum absolute atomic E-state index is 0.0633. The number of carbonyl (C=O) groups is 1. The van der Waals surface area contributed by atoms with Gasteiger partial charge in [-0.25, -0.2) is 0 Å². The van der Waals surface area contributed by atoms with Crippen molar-refractivity contribution in [2.75, 3.05) is 0 Å². The van der Waals surface area contributed by atoms with Gasteiger partial charge in [0.2, 0.25) is 0 Å². The zero-order valence-electron chi connectivity index (χ0n) is 9.71. The lowest BCUT2D eigenvalue weighted by Gasteiger charge is -2.16. The molecule has 1 aliphatic heterocycles. The molecule has 4 heteroatoms. The molecule has 0 aliphatic carbocycles. The summed E-state index contributed by atoms with van der Waals surface area (Å²) in [6, 6.07) is 9.45. The molecule has 0 spiro atoms. The van der Waals surface area contributed by atoms with Gasteiger partial charge in [0.1, 0.15) is 0 Å². The van der Waals surface area contributed by atoms with Crippen LogP contribution < -0.4 is 0 Å². The van der Waals surface area contributed by atoms with E-state index < -0.39 is 5.79 Å². The van der Waals surface area contributed by atoms with E-state index in [9.17, 15) is 4.79 Å². The van der Waals surface area contributed by atoms with Crippen LogP contribution in [0.25, 0.3) is 0 Å². The van der Waals surface area contributed by atoms with Gasteiger partial charge in [-0.1, -0.05) is 18.2 Å². The molecule has 1 aromatic carbocycles. The van der Waals surface area contributed by atoms with E-state index in [2.05, 4.69) is 5.16 Å². The number of ketones is 1. The first-order valence-corrected chi connectivity index (χ1v) is 5.29. The second-order valence-corrected chi connectivity index (χ2v) is 3.92. The van der Waals surface area contributed by atoms with Crippen LogP contribution in [0.3, 0.4) is 0 Å². The lowest BCUT2D eigenvalue weighted by atomic mass is 10.2. The summed E-state index contributed by atoms with van der Waals surface area (Å²) < 4.78 is 5.57. The number of nitrogens with zero attached hydrogens (tertiary/aromatic N) is 1. The van der Waals surface area contributed by atoms with Crippen LogP contribution in [-0.2, 0) is 14.4 Å². The largest absolute Gasteiger partial charge is 0.426 e. The summed E-state index contributed by atoms with van der Waals surface area (Å²) in [6.45, 7) is 3.17. The van der Waals surface area contributed by atoms with E-state index in [0.717, 1.165) is 5.56 Å². The van der Waals surface area contributed by atoms with E-state index in [1.54, 1.807) is 13.0 Å². The van der Waals surface area contributed by atoms with E-state index >= 15 is 0 Å². The lowest BCUT2D eigenvalue weighted by Crippen LogP contribution is -2.25. The minimum Gasteiger partial charge on any atom is -0.426 e. The second kappa shape index (κ2) is 4.41. The average Bonchev–Trinajstić information content (AvgIpc) is 2.72. The number of oxime groups is 1. The zero-order valence-corrected chi connectivity index (χ0v) is 9.71. The molecular weight excluding hydrogens is 218 g/mol. The maximum atomic E-state index is 10.9. The van der Waals surface area contributed by atoms with Crippen LogP contribution in [-0.4, -0.2) is 17.5 Å². The Bertz CT molecular complexity index is 479. The Balaban J connectivity index is 2.11. The van der Waals surface area contributed by atoms with Crippen molar-refractivity contribution in [3.8, 4) is 0 Å². The van der Waals surface area contributed by atoms with E-state index in [0.29, 0.717) is 5.90 Å². The van der Waals surface area contributed by atoms with E-state index in [1.165, 1.54) is 13.0 Å². The third-order valence-electron chi connectivity index (χ3n) is 2.25. The number of hydrogen-bond acceptors (Lipinski definition) is 4. The number of carbonyl (C=O) groups excluding carboxylic acids is 1. The van der Waals surface area contributed by atoms with Crippen molar-refractivity contribution in [2.45, 2.75) is 19.6 Å². The Morgan fingerprint density at radius 3 is 2.71 bits per heavy atom. The van der Waals surface area contributed by atoms with Crippen LogP contribution in [0.2, 0.25) is 0 Å². The van der Waals surface area contributed by atoms with E-state index in [4.69, 9.17) is 9.57 Å². The summed E-state index contributed by atoms with van der Waals surface area (Å²) in [7, 11) is 0. The van der Waals surface area contributed by atoms with Crippen LogP contribution in [0.1, 0.15) is 19.4 Å². The van der Waals surface area contributed by atoms with Crippen molar-refractivity contribution in [1.29, 1.82) is 0 Å². The molecule has 0 saturated heterocycles. The summed E-state index contributed by atoms with van der Waals surface area (Å²) >= 11 is 0. The maximum absolute atomic E-state index is 10.9. The Labute approximate surface area is 99.5 Å². The summed E-state index contributed by atoms with van der Waals surface area (Å²) in [5.41, 5.74) is 0.840. The van der Waals surface area contributed by atoms with Gasteiger partial charge < -0.3 is 9.57 Å². The highest BCUT2D eigenvalue weighted by Gasteiger charge is 2.33. The van der Waals surface area contributed by atoms with Gasteiger partial charge in [0, 0.05) is 18.6 Å². The second-order valence-electron chi connectivity index (χ2n) is 3.92. The van der Waals surface area contributed by atoms with Crippen molar-refractivity contribution in [2.24, 2.45) is 5.16 Å². The van der Waals surface area contributed by atoms with Gasteiger partial charge in [-0.05, 0) is 30.3 Å². The first-order chi connectivity index (χ1) is 8.09. The molecule has 1 atom stereocenters. The predicted octanol–water partition coefficient (Wildman–Crippen LogP) is 2.26. The number of hydrogen-bond donors (Lipinski definition) is 0. The molecule has 0 radical (unpaired) electrons. The van der Waals surface area contributed by atoms with Gasteiger partial charge in [0.15, 0.2) is 5.78 Å². The van der Waals surface area contributed by atoms with Crippen molar-refractivity contribution in [3.63, 3.8) is 0 Å². The Morgan fingerprint density at radius 1 is 1.35 bits per heavy atom. The Morgan fingerprint density at radius 2 is 2.06 bits per heavy atom. The fourth-order valence-corrected chi connectivity index (χ4v) is 1.39. The Kier molecular flexibility index (Phi) is 2.95. The summed E-state index contributed by atoms with van der Waals surface area (Å²) in [5, 5.41) is 3.87. The summed E-state index contributed by atoms with van der Waals surface area (Å²) in [6.07, 6.45) is 2.96. The fourth-order valence-electron chi connectivity index (χ4n) is 1.39. The highest BCUT2D eigenvalue weighted by atomic mass is 16.8. The van der Waals surface area contributed by atoms with Crippen LogP contribution in [0.5, 0.6) is 0 Å². The average molecular weight is 231 g/mol. The predicted molar refractivity (Wildman–Crippen MR) is 63.4 cm³/mol. The normalized spacial score (nSPS) is 23.1. The molecule has 2 rings (SSSR count). The van der Waals surface area contributed by atoms with Crippen molar-refractivity contribution < 1.29 is 14.4 Å². The summed E-state index contributed by atoms with van der Waals surface area (Å²) in [4.78, 5) is 16.0. The third-order valence-corrected chi connectivity index (χ3v) is 2.25. The number of benzene rings is 1. The SMILES string of the molecule is CC(=O)/C=C\C1(C)ON=C(c2ccccc2)O1. The van der Waals surface area contributed by atoms with Crippen molar-refractivity contribution >= 4 is 11.7 Å². The highest BCUT2D eigenvalue weighted by molar-refractivity contribution is 5.94. The molecule has 0 saturated carbocycles. The van der Waals surface area contributed by atoms with Crippen molar-refractivity contribution in [1.82, 2.24) is 0 Å². The molecule has 1 aromatic rings. The van der Waals surface area contributed by atoms with Crippen molar-refractivity contribution in [3.05, 3.63) is 48.0 Å². The van der Waals surface area contributed by atoms with Gasteiger partial charge in [-0.3, -0.25) is 4.79 Å². The summed E-state index contributed by atoms with van der Waals surface area (Å²) in [5.74, 6) is -0.649. The zero-order chi connectivity index (χ0) is 12.3. The van der Waals surface area contributed by atoms with Gasteiger partial charge in [0.25, 0.3) is 11.7 Å². The monoisotopic (exact) mass is 231 g/mol. The van der Waals surface area contributed by atoms with Crippen LogP contribution in [0, 0.1) is 0 Å². The highest BCUT2D eigenvalue weighted by Crippen LogP contribution is 2.24. The molecule has 0 N–H and O–H groups in total. The third kappa shape index (κ3) is 2.72. The maximum Gasteiger partial charge on any atom is 0.294 e. The van der Waals surface area contributed by atoms with E-state index in [1.807, 2.05) is 30.3 Å². The molecule has 0 aromatic heterocycles. The molecule has 1 heterocycles. The number of ether oxygens (including phenoxy) is 1. The first kappa shape index (κ1) is 11.4. The fraction of sp³-hybridized carbons (Fsp3) is 0.231. The molecule has 17 heavy (non-hydrogen) atoms. The van der Waals surface area contributed by atoms with Gasteiger partial charge in [0.05, 0.1) is 0 Å². The molecule has 1 unspecified atom stereocenters. The van der Waals surface area contributed by atoms with Gasteiger partial charge in [-0.15, -0.1) is 0 Å². The number of rotatable bonds is 3. The van der Waals surface area contributed by atoms with Crippen LogP contribution in [0.4, 0.5) is 0 Å². The van der Waals surface area contributed by atoms with Gasteiger partial charge >= 0.3 is 0 Å². The first-order valence-electron chi connectivity index (χ1n) is 5.29. The molecule has 1 aliphatic rings. The standard InChI is InChI=1S/C13H13NO3/c1-10(15)8-9-13(2)16-12(14-17-13)11-6-4-3-5-7-11/h3-9H,1-2H3/b9-8-. The molecule has 88 valence electrons. The Hall–Kier alpha value is -2.10. The van der Waals surface area contributed by atoms with Crippen LogP contribution >= 0.6 is 0 Å². The molecular formula is C13H13NO3. The topological polar surface area (TPSA) is 47.9 Å². The van der Waals surface area contributed by atoms with Gasteiger partial charge in [-0.2, -0.15) is 0 Å². The lowest BCUT2D eigenvalue weighted by molar-refractivity contribution is -0.114. The number of allylic oxidation sites excluding steroid dienone is 1.